The summed E-state index contributed by atoms with van der Waals surface area (Å²) in [5.41, 5.74) is 0. The van der Waals surface area contributed by atoms with Crippen LogP contribution in [0.4, 0.5) is 4.79 Å². The first-order valence-corrected chi connectivity index (χ1v) is 6.39. The Hall–Kier alpha value is -1.35. The number of aliphatic carboxylic acids is 1. The van der Waals surface area contributed by atoms with Gasteiger partial charge in [-0.15, -0.1) is 24.1 Å². The van der Waals surface area contributed by atoms with Crippen molar-refractivity contribution in [2.24, 2.45) is 0 Å². The Balaban J connectivity index is 2.66. The fourth-order valence-electron chi connectivity index (χ4n) is 1.65. The fraction of sp³-hybridized carbons (Fsp3) is 0.636. The predicted molar refractivity (Wildman–Crippen MR) is 66.6 cm³/mol. The van der Waals surface area contributed by atoms with Crippen LogP contribution in [0.15, 0.2) is 0 Å². The van der Waals surface area contributed by atoms with Crippen molar-refractivity contribution in [3.05, 3.63) is 0 Å². The van der Waals surface area contributed by atoms with Crippen molar-refractivity contribution < 1.29 is 14.7 Å². The van der Waals surface area contributed by atoms with Crippen molar-refractivity contribution in [3.63, 3.8) is 0 Å². The minimum atomic E-state index is -0.971. The number of urea groups is 1. The highest BCUT2D eigenvalue weighted by atomic mass is 32.2. The lowest BCUT2D eigenvalue weighted by Crippen LogP contribution is -2.51. The zero-order valence-corrected chi connectivity index (χ0v) is 10.7. The van der Waals surface area contributed by atoms with Crippen LogP contribution in [0.2, 0.25) is 0 Å². The predicted octanol–water partition coefficient (Wildman–Crippen LogP) is 0.956. The van der Waals surface area contributed by atoms with E-state index < -0.39 is 12.0 Å². The molecule has 2 amide bonds. The van der Waals surface area contributed by atoms with Gasteiger partial charge >= 0.3 is 12.0 Å². The van der Waals surface area contributed by atoms with Gasteiger partial charge in [0, 0.05) is 18.2 Å². The molecule has 6 heteroatoms. The largest absolute Gasteiger partial charge is 0.480 e. The standard InChI is InChI=1S/C11H16N2O3S/c1-4-5-7(2)12-11(16)13-8(3)17-6-9(13)10(14)15/h1,7-9H,5-6H2,2-3H3,(H,12,16)(H,14,15). The molecular formula is C11H16N2O3S. The van der Waals surface area contributed by atoms with E-state index in [0.717, 1.165) is 0 Å². The van der Waals surface area contributed by atoms with Crippen LogP contribution in [-0.4, -0.2) is 45.2 Å². The molecular weight excluding hydrogens is 240 g/mol. The SMILES string of the molecule is C#CCC(C)NC(=O)N1C(C)SCC1C(=O)O. The van der Waals surface area contributed by atoms with Gasteiger partial charge in [0.15, 0.2) is 0 Å². The fourth-order valence-corrected chi connectivity index (χ4v) is 2.82. The summed E-state index contributed by atoms with van der Waals surface area (Å²) in [6.07, 6.45) is 5.58. The Morgan fingerprint density at radius 1 is 1.71 bits per heavy atom. The molecule has 1 saturated heterocycles. The molecule has 0 aromatic heterocycles. The molecule has 1 aliphatic heterocycles. The second-order valence-electron chi connectivity index (χ2n) is 3.95. The summed E-state index contributed by atoms with van der Waals surface area (Å²) in [5.74, 6) is 1.91. The third-order valence-electron chi connectivity index (χ3n) is 2.54. The van der Waals surface area contributed by atoms with Gasteiger partial charge in [0.2, 0.25) is 0 Å². The number of carboxylic acids is 1. The number of nitrogens with one attached hydrogen (secondary N) is 1. The summed E-state index contributed by atoms with van der Waals surface area (Å²) in [6.45, 7) is 3.61. The van der Waals surface area contributed by atoms with Gasteiger partial charge in [0.25, 0.3) is 0 Å². The van der Waals surface area contributed by atoms with Crippen LogP contribution < -0.4 is 5.32 Å². The number of amides is 2. The average molecular weight is 256 g/mol. The zero-order valence-electron chi connectivity index (χ0n) is 9.84. The molecule has 0 aromatic rings. The number of carboxylic acid groups (broad SMARTS) is 1. The molecule has 1 rings (SSSR count). The second-order valence-corrected chi connectivity index (χ2v) is 5.30. The van der Waals surface area contributed by atoms with Crippen LogP contribution >= 0.6 is 11.8 Å². The van der Waals surface area contributed by atoms with E-state index in [4.69, 9.17) is 11.5 Å². The molecule has 0 aromatic carbocycles. The molecule has 2 N–H and O–H groups in total. The Bertz CT molecular complexity index is 353. The van der Waals surface area contributed by atoms with Crippen molar-refractivity contribution in [3.8, 4) is 12.3 Å². The number of carbonyl (C=O) groups is 2. The van der Waals surface area contributed by atoms with E-state index in [1.165, 1.54) is 16.7 Å². The zero-order chi connectivity index (χ0) is 13.0. The van der Waals surface area contributed by atoms with Crippen LogP contribution in [0.5, 0.6) is 0 Å². The second kappa shape index (κ2) is 5.82. The van der Waals surface area contributed by atoms with Crippen LogP contribution in [0.1, 0.15) is 20.3 Å². The smallest absolute Gasteiger partial charge is 0.327 e. The van der Waals surface area contributed by atoms with E-state index in [2.05, 4.69) is 11.2 Å². The van der Waals surface area contributed by atoms with Crippen LogP contribution in [-0.2, 0) is 4.79 Å². The quantitative estimate of drug-likeness (QED) is 0.738. The molecule has 0 saturated carbocycles. The number of rotatable bonds is 3. The first-order valence-electron chi connectivity index (χ1n) is 5.34. The van der Waals surface area contributed by atoms with E-state index >= 15 is 0 Å². The number of carbonyl (C=O) groups excluding carboxylic acids is 1. The number of hydrogen-bond acceptors (Lipinski definition) is 3. The van der Waals surface area contributed by atoms with Gasteiger partial charge in [-0.05, 0) is 13.8 Å². The Kier molecular flexibility index (Phi) is 4.70. The molecule has 94 valence electrons. The molecule has 0 bridgehead atoms. The van der Waals surface area contributed by atoms with Crippen LogP contribution in [0.25, 0.3) is 0 Å². The number of hydrogen-bond donors (Lipinski definition) is 2. The van der Waals surface area contributed by atoms with Crippen molar-refractivity contribution in [1.29, 1.82) is 0 Å². The molecule has 1 aliphatic rings. The molecule has 0 radical (unpaired) electrons. The number of nitrogens with zero attached hydrogens (tertiary/aromatic N) is 1. The van der Waals surface area contributed by atoms with Gasteiger partial charge < -0.3 is 10.4 Å². The van der Waals surface area contributed by atoms with Gasteiger partial charge in [0.1, 0.15) is 6.04 Å². The normalized spacial score (nSPS) is 25.1. The first-order chi connectivity index (χ1) is 7.97. The van der Waals surface area contributed by atoms with Gasteiger partial charge in [-0.3, -0.25) is 4.90 Å². The lowest BCUT2D eigenvalue weighted by Gasteiger charge is -2.26. The molecule has 3 unspecified atom stereocenters. The minimum Gasteiger partial charge on any atom is -0.480 e. The highest BCUT2D eigenvalue weighted by Gasteiger charge is 2.39. The Labute approximate surface area is 105 Å². The average Bonchev–Trinajstić information content (AvgIpc) is 2.60. The monoisotopic (exact) mass is 256 g/mol. The van der Waals surface area contributed by atoms with Gasteiger partial charge in [-0.1, -0.05) is 0 Å². The lowest BCUT2D eigenvalue weighted by molar-refractivity contribution is -0.141. The molecule has 0 spiro atoms. The molecule has 3 atom stereocenters. The molecule has 1 fully saturated rings. The summed E-state index contributed by atoms with van der Waals surface area (Å²) in [6, 6.07) is -1.27. The molecule has 5 nitrogen and oxygen atoms in total. The lowest BCUT2D eigenvalue weighted by atomic mass is 10.2. The summed E-state index contributed by atoms with van der Waals surface area (Å²) in [7, 11) is 0. The maximum absolute atomic E-state index is 11.9. The third-order valence-corrected chi connectivity index (χ3v) is 3.75. The van der Waals surface area contributed by atoms with E-state index in [1.807, 2.05) is 6.92 Å². The highest BCUT2D eigenvalue weighted by Crippen LogP contribution is 2.28. The maximum Gasteiger partial charge on any atom is 0.327 e. The first kappa shape index (κ1) is 13.7. The van der Waals surface area contributed by atoms with Crippen LogP contribution in [0.3, 0.4) is 0 Å². The topological polar surface area (TPSA) is 69.6 Å². The van der Waals surface area contributed by atoms with E-state index in [1.54, 1.807) is 6.92 Å². The van der Waals surface area contributed by atoms with Crippen molar-refractivity contribution in [2.45, 2.75) is 37.7 Å². The van der Waals surface area contributed by atoms with Crippen molar-refractivity contribution in [2.75, 3.05) is 5.75 Å². The van der Waals surface area contributed by atoms with E-state index in [0.29, 0.717) is 12.2 Å². The summed E-state index contributed by atoms with van der Waals surface area (Å²) in [4.78, 5) is 24.3. The Morgan fingerprint density at radius 2 is 2.35 bits per heavy atom. The third kappa shape index (κ3) is 3.30. The van der Waals surface area contributed by atoms with Gasteiger partial charge in [-0.2, -0.15) is 0 Å². The maximum atomic E-state index is 11.9. The Morgan fingerprint density at radius 3 is 2.88 bits per heavy atom. The molecule has 17 heavy (non-hydrogen) atoms. The summed E-state index contributed by atoms with van der Waals surface area (Å²) in [5, 5.41) is 11.6. The minimum absolute atomic E-state index is 0.130. The van der Waals surface area contributed by atoms with Crippen molar-refractivity contribution in [1.82, 2.24) is 10.2 Å². The molecule has 0 aliphatic carbocycles. The molecule has 1 heterocycles. The van der Waals surface area contributed by atoms with Crippen LogP contribution in [0, 0.1) is 12.3 Å². The van der Waals surface area contributed by atoms with E-state index in [9.17, 15) is 9.59 Å². The highest BCUT2D eigenvalue weighted by molar-refractivity contribution is 8.00. The summed E-state index contributed by atoms with van der Waals surface area (Å²) >= 11 is 1.45. The van der Waals surface area contributed by atoms with Gasteiger partial charge in [0.05, 0.1) is 5.37 Å². The number of terminal acetylenes is 1. The van der Waals surface area contributed by atoms with Crippen molar-refractivity contribution >= 4 is 23.8 Å². The number of thioether (sulfide) groups is 1. The van der Waals surface area contributed by atoms with Gasteiger partial charge in [-0.25, -0.2) is 9.59 Å². The summed E-state index contributed by atoms with van der Waals surface area (Å²) < 4.78 is 0. The van der Waals surface area contributed by atoms with E-state index in [-0.39, 0.29) is 17.4 Å².